The van der Waals surface area contributed by atoms with E-state index in [0.717, 1.165) is 30.1 Å². The number of amides is 1. The third kappa shape index (κ3) is 5.20. The first-order valence-electron chi connectivity index (χ1n) is 12.2. The van der Waals surface area contributed by atoms with Gasteiger partial charge in [-0.15, -0.1) is 4.73 Å². The van der Waals surface area contributed by atoms with E-state index in [4.69, 9.17) is 28.0 Å². The van der Waals surface area contributed by atoms with Crippen molar-refractivity contribution in [2.75, 3.05) is 38.6 Å². The van der Waals surface area contributed by atoms with Gasteiger partial charge in [-0.3, -0.25) is 9.59 Å². The molecule has 38 heavy (non-hydrogen) atoms. The van der Waals surface area contributed by atoms with Gasteiger partial charge in [-0.05, 0) is 57.1 Å². The van der Waals surface area contributed by atoms with E-state index < -0.39 is 5.56 Å². The van der Waals surface area contributed by atoms with Crippen molar-refractivity contribution in [3.8, 4) is 11.1 Å². The minimum absolute atomic E-state index is 0.182. The molecule has 12 heteroatoms. The van der Waals surface area contributed by atoms with Crippen molar-refractivity contribution < 1.29 is 9.63 Å². The molecule has 3 N–H and O–H groups in total. The molecule has 4 heterocycles. The smallest absolute Gasteiger partial charge is 0.293 e. The average molecular weight is 556 g/mol. The molecule has 1 fully saturated rings. The van der Waals surface area contributed by atoms with Crippen LogP contribution in [-0.2, 0) is 0 Å². The van der Waals surface area contributed by atoms with E-state index in [2.05, 4.69) is 30.5 Å². The number of likely N-dealkylation sites (tertiary alicyclic amines) is 1. The second-order valence-corrected chi connectivity index (χ2v) is 9.88. The molecule has 0 spiro atoms. The maximum absolute atomic E-state index is 13.3. The SMILES string of the molecule is COn1c(=O)c(-c2c(Cl)cccc2Cl)cc2cnc(Nc3cc(C(=O)NCCN4CCCC4)[nH]c3C)nc21. The number of hydrogen-bond acceptors (Lipinski definition) is 7. The van der Waals surface area contributed by atoms with Crippen LogP contribution in [0.15, 0.2) is 41.3 Å². The fourth-order valence-corrected chi connectivity index (χ4v) is 5.19. The zero-order valence-corrected chi connectivity index (χ0v) is 22.5. The van der Waals surface area contributed by atoms with E-state index >= 15 is 0 Å². The van der Waals surface area contributed by atoms with Gasteiger partial charge in [-0.25, -0.2) is 4.98 Å². The van der Waals surface area contributed by atoms with E-state index in [9.17, 15) is 9.59 Å². The van der Waals surface area contributed by atoms with Crippen LogP contribution in [0, 0.1) is 6.92 Å². The van der Waals surface area contributed by atoms with Crippen LogP contribution >= 0.6 is 23.2 Å². The van der Waals surface area contributed by atoms with Crippen molar-refractivity contribution in [1.82, 2.24) is 29.9 Å². The number of aromatic nitrogens is 4. The molecule has 0 atom stereocenters. The molecule has 1 aliphatic heterocycles. The number of aromatic amines is 1. The summed E-state index contributed by atoms with van der Waals surface area (Å²) in [5.41, 5.74) is 2.28. The number of nitrogens with zero attached hydrogens (tertiary/aromatic N) is 4. The van der Waals surface area contributed by atoms with Gasteiger partial charge in [0.2, 0.25) is 5.95 Å². The molecule has 3 aromatic heterocycles. The average Bonchev–Trinajstić information content (AvgIpc) is 3.54. The van der Waals surface area contributed by atoms with Crippen LogP contribution in [0.25, 0.3) is 22.2 Å². The fourth-order valence-electron chi connectivity index (χ4n) is 4.59. The fraction of sp³-hybridized carbons (Fsp3) is 0.308. The summed E-state index contributed by atoms with van der Waals surface area (Å²) in [7, 11) is 1.37. The topological polar surface area (TPSA) is 117 Å². The minimum Gasteiger partial charge on any atom is -0.412 e. The Labute approximate surface area is 228 Å². The molecule has 4 aromatic rings. The van der Waals surface area contributed by atoms with Gasteiger partial charge < -0.3 is 25.4 Å². The number of hydrogen-bond donors (Lipinski definition) is 3. The van der Waals surface area contributed by atoms with E-state index in [-0.39, 0.29) is 23.1 Å². The normalized spacial score (nSPS) is 13.7. The molecule has 1 saturated heterocycles. The highest BCUT2D eigenvalue weighted by atomic mass is 35.5. The molecule has 0 bridgehead atoms. The number of halogens is 2. The van der Waals surface area contributed by atoms with Crippen molar-refractivity contribution in [2.24, 2.45) is 0 Å². The number of H-pyrrole nitrogens is 1. The Bertz CT molecular complexity index is 1540. The van der Waals surface area contributed by atoms with Crippen LogP contribution in [0.5, 0.6) is 0 Å². The van der Waals surface area contributed by atoms with E-state index in [0.29, 0.717) is 38.9 Å². The number of anilines is 2. The van der Waals surface area contributed by atoms with E-state index in [1.165, 1.54) is 20.0 Å². The first-order chi connectivity index (χ1) is 18.4. The lowest BCUT2D eigenvalue weighted by Gasteiger charge is -2.14. The Balaban J connectivity index is 1.39. The van der Waals surface area contributed by atoms with Crippen LogP contribution in [0.3, 0.4) is 0 Å². The molecule has 1 aromatic carbocycles. The second kappa shape index (κ2) is 11.0. The Morgan fingerprint density at radius 2 is 1.92 bits per heavy atom. The molecule has 198 valence electrons. The van der Waals surface area contributed by atoms with Gasteiger partial charge in [0.15, 0.2) is 5.65 Å². The summed E-state index contributed by atoms with van der Waals surface area (Å²) in [6, 6.07) is 8.37. The number of carbonyl (C=O) groups excluding carboxylic acids is 1. The summed E-state index contributed by atoms with van der Waals surface area (Å²) >= 11 is 12.7. The number of aryl methyl sites for hydroxylation is 1. The number of pyridine rings is 1. The van der Waals surface area contributed by atoms with E-state index in [1.807, 2.05) is 6.92 Å². The molecular weight excluding hydrogens is 529 g/mol. The number of benzene rings is 1. The van der Waals surface area contributed by atoms with Crippen LogP contribution in [0.1, 0.15) is 29.0 Å². The molecule has 0 radical (unpaired) electrons. The largest absolute Gasteiger partial charge is 0.412 e. The molecule has 10 nitrogen and oxygen atoms in total. The van der Waals surface area contributed by atoms with Crippen LogP contribution in [0.4, 0.5) is 11.6 Å². The highest BCUT2D eigenvalue weighted by molar-refractivity contribution is 6.39. The molecular formula is C26H27Cl2N7O3. The Kier molecular flexibility index (Phi) is 7.55. The van der Waals surface area contributed by atoms with Crippen molar-refractivity contribution in [3.05, 3.63) is 68.3 Å². The zero-order valence-electron chi connectivity index (χ0n) is 21.0. The van der Waals surface area contributed by atoms with Crippen molar-refractivity contribution in [1.29, 1.82) is 0 Å². The number of fused-ring (bicyclic) bond motifs is 1. The second-order valence-electron chi connectivity index (χ2n) is 9.06. The van der Waals surface area contributed by atoms with Gasteiger partial charge in [-0.2, -0.15) is 4.98 Å². The van der Waals surface area contributed by atoms with E-state index in [1.54, 1.807) is 36.5 Å². The molecule has 0 saturated carbocycles. The van der Waals surface area contributed by atoms with Gasteiger partial charge >= 0.3 is 0 Å². The number of nitrogens with one attached hydrogen (secondary N) is 3. The standard InChI is InChI=1S/C26H27Cl2N7O3/c1-15-20(13-21(31-15)24(36)29-8-11-34-9-3-4-10-34)32-26-30-14-16-12-17(22-18(27)6-5-7-19(22)28)25(37)35(38-2)23(16)33-26/h5-7,12-14,31H,3-4,8-11H2,1-2H3,(H,29,36)(H,30,32,33). The van der Waals surface area contributed by atoms with Crippen molar-refractivity contribution >= 4 is 51.8 Å². The van der Waals surface area contributed by atoms with Crippen LogP contribution in [-0.4, -0.2) is 63.8 Å². The molecule has 1 amide bonds. The van der Waals surface area contributed by atoms with Gasteiger partial charge in [0.25, 0.3) is 11.5 Å². The predicted octanol–water partition coefficient (Wildman–Crippen LogP) is 4.03. The van der Waals surface area contributed by atoms with Gasteiger partial charge in [0.1, 0.15) is 12.8 Å². The summed E-state index contributed by atoms with van der Waals surface area (Å²) in [4.78, 5) is 45.6. The molecule has 0 unspecified atom stereocenters. The Morgan fingerprint density at radius 3 is 2.63 bits per heavy atom. The predicted molar refractivity (Wildman–Crippen MR) is 149 cm³/mol. The zero-order chi connectivity index (χ0) is 26.8. The monoisotopic (exact) mass is 555 g/mol. The lowest BCUT2D eigenvalue weighted by Crippen LogP contribution is -2.33. The van der Waals surface area contributed by atoms with Gasteiger partial charge in [0, 0.05) is 35.9 Å². The highest BCUT2D eigenvalue weighted by Crippen LogP contribution is 2.34. The van der Waals surface area contributed by atoms with Crippen LogP contribution < -0.4 is 21.0 Å². The summed E-state index contributed by atoms with van der Waals surface area (Å²) in [6.45, 7) is 5.44. The van der Waals surface area contributed by atoms with Crippen LogP contribution in [0.2, 0.25) is 10.0 Å². The summed E-state index contributed by atoms with van der Waals surface area (Å²) in [6.07, 6.45) is 4.00. The summed E-state index contributed by atoms with van der Waals surface area (Å²) in [5, 5.41) is 7.31. The quantitative estimate of drug-likeness (QED) is 0.300. The summed E-state index contributed by atoms with van der Waals surface area (Å²) < 4.78 is 1.07. The van der Waals surface area contributed by atoms with Gasteiger partial charge in [-0.1, -0.05) is 29.3 Å². The summed E-state index contributed by atoms with van der Waals surface area (Å²) in [5.74, 6) is 0.0491. The third-order valence-corrected chi connectivity index (χ3v) is 7.17. The third-order valence-electron chi connectivity index (χ3n) is 6.54. The maximum atomic E-state index is 13.3. The lowest BCUT2D eigenvalue weighted by molar-refractivity contribution is 0.0945. The Morgan fingerprint density at radius 1 is 1.18 bits per heavy atom. The van der Waals surface area contributed by atoms with Crippen molar-refractivity contribution in [3.63, 3.8) is 0 Å². The molecule has 0 aliphatic carbocycles. The number of carbonyl (C=O) groups is 1. The van der Waals surface area contributed by atoms with Crippen molar-refractivity contribution in [2.45, 2.75) is 19.8 Å². The molecule has 1 aliphatic rings. The highest BCUT2D eigenvalue weighted by Gasteiger charge is 2.19. The first kappa shape index (κ1) is 26.0. The lowest BCUT2D eigenvalue weighted by atomic mass is 10.1. The number of rotatable bonds is 8. The van der Waals surface area contributed by atoms with Gasteiger partial charge in [0.05, 0.1) is 21.3 Å². The molecule has 5 rings (SSSR count). The maximum Gasteiger partial charge on any atom is 0.293 e. The Hall–Kier alpha value is -3.60. The minimum atomic E-state index is -0.467. The first-order valence-corrected chi connectivity index (χ1v) is 13.0.